The first-order chi connectivity index (χ1) is 9.26. The number of thiophene rings is 1. The number of nitrogens with zero attached hydrogens (tertiary/aromatic N) is 2. The summed E-state index contributed by atoms with van der Waals surface area (Å²) >= 11 is 1.85. The highest BCUT2D eigenvalue weighted by atomic mass is 32.1. The molecule has 0 radical (unpaired) electrons. The maximum absolute atomic E-state index is 6.24. The molecule has 2 saturated heterocycles. The minimum atomic E-state index is 0.199. The molecule has 2 unspecified atom stereocenters. The van der Waals surface area contributed by atoms with Crippen molar-refractivity contribution in [3.8, 4) is 0 Å². The van der Waals surface area contributed by atoms with Gasteiger partial charge in [0.1, 0.15) is 0 Å². The molecule has 3 nitrogen and oxygen atoms in total. The molecule has 3 rings (SSSR count). The predicted molar refractivity (Wildman–Crippen MR) is 81.4 cm³/mol. The van der Waals surface area contributed by atoms with E-state index in [0.717, 1.165) is 13.1 Å². The Morgan fingerprint density at radius 1 is 1.47 bits per heavy atom. The van der Waals surface area contributed by atoms with E-state index in [4.69, 9.17) is 5.73 Å². The molecular weight excluding hydrogens is 254 g/mol. The molecule has 2 atom stereocenters. The van der Waals surface area contributed by atoms with Crippen LogP contribution in [0.25, 0.3) is 0 Å². The van der Waals surface area contributed by atoms with Gasteiger partial charge in [-0.05, 0) is 44.3 Å². The standard InChI is InChI=1S/C15H25N3S/c1-17(11-13-5-4-10-19-13)15(12-16)7-9-18-8-3-2-6-14(15)18/h4-5,10,14H,2-3,6-9,11-12,16H2,1H3. The van der Waals surface area contributed by atoms with Crippen LogP contribution in [-0.2, 0) is 6.54 Å². The van der Waals surface area contributed by atoms with Crippen LogP contribution in [0.2, 0.25) is 0 Å². The van der Waals surface area contributed by atoms with Gasteiger partial charge >= 0.3 is 0 Å². The van der Waals surface area contributed by atoms with E-state index in [0.29, 0.717) is 6.04 Å². The van der Waals surface area contributed by atoms with E-state index >= 15 is 0 Å². The van der Waals surface area contributed by atoms with Crippen molar-refractivity contribution in [3.63, 3.8) is 0 Å². The molecule has 0 amide bonds. The Balaban J connectivity index is 1.78. The second kappa shape index (κ2) is 5.52. The Hall–Kier alpha value is -0.420. The summed E-state index contributed by atoms with van der Waals surface area (Å²) in [7, 11) is 2.27. The summed E-state index contributed by atoms with van der Waals surface area (Å²) in [6.45, 7) is 4.34. The van der Waals surface area contributed by atoms with Crippen LogP contribution >= 0.6 is 11.3 Å². The van der Waals surface area contributed by atoms with Crippen molar-refractivity contribution in [2.45, 2.75) is 43.8 Å². The largest absolute Gasteiger partial charge is 0.329 e. The molecule has 2 fully saturated rings. The third kappa shape index (κ3) is 2.35. The Morgan fingerprint density at radius 3 is 3.11 bits per heavy atom. The highest BCUT2D eigenvalue weighted by Crippen LogP contribution is 2.39. The van der Waals surface area contributed by atoms with Gasteiger partial charge in [0.05, 0.1) is 0 Å². The van der Waals surface area contributed by atoms with E-state index in [1.807, 2.05) is 11.3 Å². The van der Waals surface area contributed by atoms with Crippen molar-refractivity contribution in [2.24, 2.45) is 5.73 Å². The zero-order valence-electron chi connectivity index (χ0n) is 11.8. The lowest BCUT2D eigenvalue weighted by Gasteiger charge is -2.45. The van der Waals surface area contributed by atoms with Gasteiger partial charge in [-0.2, -0.15) is 0 Å². The molecule has 1 aromatic rings. The quantitative estimate of drug-likeness (QED) is 0.916. The van der Waals surface area contributed by atoms with Gasteiger partial charge < -0.3 is 5.73 Å². The predicted octanol–water partition coefficient (Wildman–Crippen LogP) is 2.14. The van der Waals surface area contributed by atoms with Crippen molar-refractivity contribution in [2.75, 3.05) is 26.7 Å². The molecule has 0 bridgehead atoms. The van der Waals surface area contributed by atoms with Gasteiger partial charge in [-0.1, -0.05) is 12.5 Å². The lowest BCUT2D eigenvalue weighted by molar-refractivity contribution is 0.0518. The fraction of sp³-hybridized carbons (Fsp3) is 0.733. The molecule has 0 aromatic carbocycles. The summed E-state index contributed by atoms with van der Waals surface area (Å²) in [6.07, 6.45) is 5.30. The molecule has 2 N–H and O–H groups in total. The summed E-state index contributed by atoms with van der Waals surface area (Å²) in [5.41, 5.74) is 6.44. The van der Waals surface area contributed by atoms with E-state index < -0.39 is 0 Å². The number of hydrogen-bond donors (Lipinski definition) is 1. The Morgan fingerprint density at radius 2 is 2.37 bits per heavy atom. The molecule has 2 aliphatic rings. The summed E-state index contributed by atoms with van der Waals surface area (Å²) in [4.78, 5) is 6.67. The molecule has 2 aliphatic heterocycles. The average Bonchev–Trinajstić information content (AvgIpc) is 3.06. The van der Waals surface area contributed by atoms with E-state index in [-0.39, 0.29) is 5.54 Å². The van der Waals surface area contributed by atoms with Gasteiger partial charge in [-0.3, -0.25) is 9.80 Å². The average molecular weight is 279 g/mol. The molecule has 0 saturated carbocycles. The van der Waals surface area contributed by atoms with E-state index in [1.54, 1.807) is 0 Å². The highest BCUT2D eigenvalue weighted by molar-refractivity contribution is 7.09. The van der Waals surface area contributed by atoms with E-state index in [9.17, 15) is 0 Å². The summed E-state index contributed by atoms with van der Waals surface area (Å²) < 4.78 is 0. The van der Waals surface area contributed by atoms with Gasteiger partial charge in [-0.15, -0.1) is 11.3 Å². The smallest absolute Gasteiger partial charge is 0.0499 e. The number of fused-ring (bicyclic) bond motifs is 1. The van der Waals surface area contributed by atoms with Crippen LogP contribution < -0.4 is 5.73 Å². The maximum Gasteiger partial charge on any atom is 0.0499 e. The number of rotatable bonds is 4. The molecule has 3 heterocycles. The van der Waals surface area contributed by atoms with Crippen molar-refractivity contribution in [3.05, 3.63) is 22.4 Å². The molecule has 1 aromatic heterocycles. The van der Waals surface area contributed by atoms with Crippen LogP contribution in [0.1, 0.15) is 30.6 Å². The first-order valence-electron chi connectivity index (χ1n) is 7.44. The van der Waals surface area contributed by atoms with Crippen molar-refractivity contribution >= 4 is 11.3 Å². The second-order valence-electron chi connectivity index (χ2n) is 6.04. The maximum atomic E-state index is 6.24. The minimum Gasteiger partial charge on any atom is -0.329 e. The molecule has 106 valence electrons. The fourth-order valence-electron chi connectivity index (χ4n) is 4.00. The van der Waals surface area contributed by atoms with Crippen LogP contribution in [0.15, 0.2) is 17.5 Å². The van der Waals surface area contributed by atoms with Crippen molar-refractivity contribution in [1.29, 1.82) is 0 Å². The van der Waals surface area contributed by atoms with Gasteiger partial charge in [0, 0.05) is 36.1 Å². The van der Waals surface area contributed by atoms with Crippen LogP contribution in [0, 0.1) is 0 Å². The van der Waals surface area contributed by atoms with Gasteiger partial charge in [0.25, 0.3) is 0 Å². The number of hydrogen-bond acceptors (Lipinski definition) is 4. The first-order valence-corrected chi connectivity index (χ1v) is 8.32. The summed E-state index contributed by atoms with van der Waals surface area (Å²) in [6, 6.07) is 5.06. The van der Waals surface area contributed by atoms with Gasteiger partial charge in [0.15, 0.2) is 0 Å². The summed E-state index contributed by atoms with van der Waals surface area (Å²) in [5, 5.41) is 2.17. The first kappa shape index (κ1) is 13.6. The topological polar surface area (TPSA) is 32.5 Å². The van der Waals surface area contributed by atoms with E-state index in [1.165, 1.54) is 43.6 Å². The minimum absolute atomic E-state index is 0.199. The molecule has 0 spiro atoms. The number of nitrogens with two attached hydrogens (primary N) is 1. The SMILES string of the molecule is CN(Cc1cccs1)C1(CN)CCN2CCCCC21. The third-order valence-electron chi connectivity index (χ3n) is 5.15. The fourth-order valence-corrected chi connectivity index (χ4v) is 4.76. The van der Waals surface area contributed by atoms with Gasteiger partial charge in [0.2, 0.25) is 0 Å². The lowest BCUT2D eigenvalue weighted by atomic mass is 9.84. The monoisotopic (exact) mass is 279 g/mol. The van der Waals surface area contributed by atoms with Gasteiger partial charge in [-0.25, -0.2) is 0 Å². The van der Waals surface area contributed by atoms with Crippen LogP contribution in [0.4, 0.5) is 0 Å². The van der Waals surface area contributed by atoms with Crippen molar-refractivity contribution < 1.29 is 0 Å². The van der Waals surface area contributed by atoms with Crippen LogP contribution in [0.5, 0.6) is 0 Å². The molecule has 19 heavy (non-hydrogen) atoms. The molecule has 4 heteroatoms. The lowest BCUT2D eigenvalue weighted by Crippen LogP contribution is -2.60. The Labute approximate surface area is 120 Å². The Kier molecular flexibility index (Phi) is 3.94. The number of piperidine rings is 1. The number of likely N-dealkylation sites (N-methyl/N-ethyl adjacent to an activating group) is 1. The second-order valence-corrected chi connectivity index (χ2v) is 7.07. The van der Waals surface area contributed by atoms with E-state index in [2.05, 4.69) is 34.4 Å². The molecular formula is C15H25N3S. The van der Waals surface area contributed by atoms with Crippen LogP contribution in [0.3, 0.4) is 0 Å². The highest BCUT2D eigenvalue weighted by Gasteiger charge is 2.49. The van der Waals surface area contributed by atoms with Crippen molar-refractivity contribution in [1.82, 2.24) is 9.80 Å². The summed E-state index contributed by atoms with van der Waals surface area (Å²) in [5.74, 6) is 0. The zero-order valence-corrected chi connectivity index (χ0v) is 12.7. The Bertz CT molecular complexity index is 406. The zero-order chi connectivity index (χ0) is 13.3. The molecule has 0 aliphatic carbocycles. The third-order valence-corrected chi connectivity index (χ3v) is 6.01. The van der Waals surface area contributed by atoms with Crippen LogP contribution in [-0.4, -0.2) is 48.1 Å². The normalized spacial score (nSPS) is 31.8.